The van der Waals surface area contributed by atoms with Gasteiger partial charge >= 0.3 is 0 Å². The lowest BCUT2D eigenvalue weighted by Crippen LogP contribution is -2.73. The molecule has 1 N–H and O–H groups in total. The van der Waals surface area contributed by atoms with Crippen molar-refractivity contribution in [2.75, 3.05) is 26.8 Å². The number of methoxy groups -OCH3 is 1. The van der Waals surface area contributed by atoms with Crippen LogP contribution in [-0.4, -0.2) is 65.6 Å². The van der Waals surface area contributed by atoms with Gasteiger partial charge in [-0.15, -0.1) is 0 Å². The van der Waals surface area contributed by atoms with Gasteiger partial charge in [0.1, 0.15) is 12.3 Å². The monoisotopic (exact) mass is 466 g/mol. The van der Waals surface area contributed by atoms with Gasteiger partial charge in [0.15, 0.2) is 0 Å². The number of benzene rings is 3. The number of ether oxygens (including phenoxy) is 1. The number of hydrogen-bond donors (Lipinski definition) is 1. The number of piperazine rings is 1. The third kappa shape index (κ3) is 4.39. The number of aliphatic hydroxyl groups excluding tert-OH is 1. The summed E-state index contributed by atoms with van der Waals surface area (Å²) in [5, 5.41) is 10.0. The Labute approximate surface area is 204 Å². The van der Waals surface area contributed by atoms with Crippen molar-refractivity contribution in [2.24, 2.45) is 0 Å². The molecular formula is C29H26N2O4. The highest BCUT2D eigenvalue weighted by molar-refractivity contribution is 5.97. The summed E-state index contributed by atoms with van der Waals surface area (Å²) in [5.74, 6) is 6.80. The zero-order valence-corrected chi connectivity index (χ0v) is 19.4. The molecule has 6 heteroatoms. The predicted octanol–water partition coefficient (Wildman–Crippen LogP) is 2.91. The number of nitrogens with zero attached hydrogens (tertiary/aromatic N) is 2. The average Bonchev–Trinajstić information content (AvgIpc) is 2.89. The van der Waals surface area contributed by atoms with Crippen LogP contribution in [0.2, 0.25) is 0 Å². The molecule has 2 fully saturated rings. The van der Waals surface area contributed by atoms with Crippen LogP contribution < -0.4 is 4.74 Å². The minimum absolute atomic E-state index is 0.0351. The molecule has 0 saturated carbocycles. The quantitative estimate of drug-likeness (QED) is 0.601. The molecule has 2 aliphatic heterocycles. The first-order valence-electron chi connectivity index (χ1n) is 11.6. The SMILES string of the molecule is COc1ccc(C#Cc2ccc([C@H]3[C@@H](CO)N4C(=O)CN(C(=O)c5ccccc5)C[C@@H]34)cc2)cc1. The van der Waals surface area contributed by atoms with Crippen molar-refractivity contribution in [3.8, 4) is 17.6 Å². The number of fused-ring (bicyclic) bond motifs is 1. The maximum Gasteiger partial charge on any atom is 0.254 e. The zero-order chi connectivity index (χ0) is 24.4. The van der Waals surface area contributed by atoms with E-state index in [4.69, 9.17) is 4.74 Å². The van der Waals surface area contributed by atoms with Crippen LogP contribution in [0.25, 0.3) is 0 Å². The second-order valence-corrected chi connectivity index (χ2v) is 8.80. The number of aliphatic hydroxyl groups is 1. The molecule has 5 rings (SSSR count). The van der Waals surface area contributed by atoms with Crippen LogP contribution in [0.3, 0.4) is 0 Å². The van der Waals surface area contributed by atoms with Crippen molar-refractivity contribution in [1.29, 1.82) is 0 Å². The molecular weight excluding hydrogens is 440 g/mol. The van der Waals surface area contributed by atoms with Crippen LogP contribution in [0.1, 0.15) is 33.0 Å². The molecule has 0 unspecified atom stereocenters. The van der Waals surface area contributed by atoms with Gasteiger partial charge in [0.05, 0.1) is 25.8 Å². The van der Waals surface area contributed by atoms with Gasteiger partial charge in [-0.05, 0) is 54.1 Å². The van der Waals surface area contributed by atoms with Crippen molar-refractivity contribution in [2.45, 2.75) is 18.0 Å². The Balaban J connectivity index is 1.33. The van der Waals surface area contributed by atoms with Crippen molar-refractivity contribution in [3.05, 3.63) is 101 Å². The Hall–Kier alpha value is -4.08. The van der Waals surface area contributed by atoms with Crippen LogP contribution >= 0.6 is 0 Å². The Morgan fingerprint density at radius 3 is 2.20 bits per heavy atom. The van der Waals surface area contributed by atoms with Crippen molar-refractivity contribution in [1.82, 2.24) is 9.80 Å². The van der Waals surface area contributed by atoms with E-state index in [0.29, 0.717) is 12.1 Å². The topological polar surface area (TPSA) is 70.1 Å². The predicted molar refractivity (Wildman–Crippen MR) is 132 cm³/mol. The molecule has 2 heterocycles. The van der Waals surface area contributed by atoms with E-state index >= 15 is 0 Å². The van der Waals surface area contributed by atoms with Gasteiger partial charge in [-0.3, -0.25) is 9.59 Å². The molecule has 176 valence electrons. The van der Waals surface area contributed by atoms with Gasteiger partial charge in [-0.25, -0.2) is 0 Å². The fourth-order valence-electron chi connectivity index (χ4n) is 5.02. The first-order chi connectivity index (χ1) is 17.1. The number of rotatable bonds is 4. The fourth-order valence-corrected chi connectivity index (χ4v) is 5.02. The van der Waals surface area contributed by atoms with Gasteiger partial charge < -0.3 is 19.6 Å². The lowest BCUT2D eigenvalue weighted by Gasteiger charge is -2.58. The summed E-state index contributed by atoms with van der Waals surface area (Å²) in [6, 6.07) is 24.1. The first-order valence-corrected chi connectivity index (χ1v) is 11.6. The molecule has 2 aliphatic rings. The van der Waals surface area contributed by atoms with Gasteiger partial charge in [0.2, 0.25) is 5.91 Å². The third-order valence-corrected chi connectivity index (χ3v) is 6.80. The van der Waals surface area contributed by atoms with Gasteiger partial charge in [-0.1, -0.05) is 42.2 Å². The van der Waals surface area contributed by atoms with Gasteiger partial charge in [0, 0.05) is 29.2 Å². The van der Waals surface area contributed by atoms with Crippen LogP contribution in [0.5, 0.6) is 5.75 Å². The minimum atomic E-state index is -0.280. The lowest BCUT2D eigenvalue weighted by atomic mass is 9.73. The second-order valence-electron chi connectivity index (χ2n) is 8.80. The standard InChI is InChI=1S/C29H26N2O4/c1-35-24-15-11-21(12-16-24)8-7-20-9-13-22(14-10-20)28-25-17-30(18-27(33)31(25)26(28)19-32)29(34)23-5-3-2-4-6-23/h2-6,9-16,25-26,28,32H,17-19H2,1H3/t25-,26+,28+/m0/s1. The van der Waals surface area contributed by atoms with Crippen LogP contribution in [0, 0.1) is 11.8 Å². The van der Waals surface area contributed by atoms with Gasteiger partial charge in [0.25, 0.3) is 5.91 Å². The summed E-state index contributed by atoms with van der Waals surface area (Å²) >= 11 is 0. The van der Waals surface area contributed by atoms with E-state index in [9.17, 15) is 14.7 Å². The number of carbonyl (C=O) groups excluding carboxylic acids is 2. The Kier molecular flexibility index (Phi) is 6.26. The van der Waals surface area contributed by atoms with Crippen LogP contribution in [0.15, 0.2) is 78.9 Å². The summed E-state index contributed by atoms with van der Waals surface area (Å²) in [7, 11) is 1.63. The first kappa shape index (κ1) is 22.7. The molecule has 3 atom stereocenters. The Morgan fingerprint density at radius 1 is 0.971 bits per heavy atom. The maximum absolute atomic E-state index is 13.0. The molecule has 0 spiro atoms. The lowest BCUT2D eigenvalue weighted by molar-refractivity contribution is -0.159. The average molecular weight is 467 g/mol. The van der Waals surface area contributed by atoms with E-state index < -0.39 is 0 Å². The summed E-state index contributed by atoms with van der Waals surface area (Å²) in [5.41, 5.74) is 3.38. The molecule has 0 bridgehead atoms. The smallest absolute Gasteiger partial charge is 0.254 e. The highest BCUT2D eigenvalue weighted by Gasteiger charge is 2.54. The number of amides is 2. The maximum atomic E-state index is 13.0. The van der Waals surface area contributed by atoms with Crippen LogP contribution in [0.4, 0.5) is 0 Å². The zero-order valence-electron chi connectivity index (χ0n) is 19.4. The second kappa shape index (κ2) is 9.65. The minimum Gasteiger partial charge on any atom is -0.497 e. The van der Waals surface area contributed by atoms with E-state index in [-0.39, 0.29) is 43.0 Å². The largest absolute Gasteiger partial charge is 0.497 e. The highest BCUT2D eigenvalue weighted by atomic mass is 16.5. The molecule has 6 nitrogen and oxygen atoms in total. The summed E-state index contributed by atoms with van der Waals surface area (Å²) in [4.78, 5) is 29.2. The highest BCUT2D eigenvalue weighted by Crippen LogP contribution is 2.43. The van der Waals surface area contributed by atoms with Gasteiger partial charge in [-0.2, -0.15) is 0 Å². The van der Waals surface area contributed by atoms with Crippen molar-refractivity contribution in [3.63, 3.8) is 0 Å². The van der Waals surface area contributed by atoms with Crippen LogP contribution in [-0.2, 0) is 4.79 Å². The molecule has 3 aromatic carbocycles. The molecule has 0 aliphatic carbocycles. The number of carbonyl (C=O) groups is 2. The Morgan fingerprint density at radius 2 is 1.60 bits per heavy atom. The summed E-state index contributed by atoms with van der Waals surface area (Å²) < 4.78 is 5.18. The van der Waals surface area contributed by atoms with Crippen molar-refractivity contribution < 1.29 is 19.4 Å². The van der Waals surface area contributed by atoms with E-state index in [1.54, 1.807) is 29.0 Å². The Bertz CT molecular complexity index is 1280. The molecule has 3 aromatic rings. The summed E-state index contributed by atoms with van der Waals surface area (Å²) in [6.07, 6.45) is 0. The van der Waals surface area contributed by atoms with E-state index in [0.717, 1.165) is 22.4 Å². The molecule has 2 amide bonds. The normalized spacial score (nSPS) is 20.9. The van der Waals surface area contributed by atoms with E-state index in [1.807, 2.05) is 66.7 Å². The fraction of sp³-hybridized carbons (Fsp3) is 0.241. The van der Waals surface area contributed by atoms with Crippen molar-refractivity contribution >= 4 is 11.8 Å². The molecule has 0 radical (unpaired) electrons. The molecule has 2 saturated heterocycles. The third-order valence-electron chi connectivity index (χ3n) is 6.80. The number of hydrogen-bond acceptors (Lipinski definition) is 4. The molecule has 0 aromatic heterocycles. The van der Waals surface area contributed by atoms with E-state index in [2.05, 4.69) is 11.8 Å². The molecule has 35 heavy (non-hydrogen) atoms. The summed E-state index contributed by atoms with van der Waals surface area (Å²) in [6.45, 7) is 0.367. The van der Waals surface area contributed by atoms with E-state index in [1.165, 1.54) is 0 Å².